The summed E-state index contributed by atoms with van der Waals surface area (Å²) in [5.41, 5.74) is 4.12. The van der Waals surface area contributed by atoms with Crippen LogP contribution in [-0.4, -0.2) is 57.1 Å². The summed E-state index contributed by atoms with van der Waals surface area (Å²) in [7, 11) is 6.47. The molecule has 1 rings (SSSR count). The lowest BCUT2D eigenvalue weighted by Crippen LogP contribution is -2.36. The largest absolute Gasteiger partial charge is 0.309 e. The zero-order valence-electron chi connectivity index (χ0n) is 14.7. The monoisotopic (exact) mass is 291 g/mol. The molecule has 120 valence electrons. The number of hydrogen-bond donors (Lipinski definition) is 1. The minimum absolute atomic E-state index is 0.413. The molecule has 0 bridgehead atoms. The molecule has 0 fully saturated rings. The van der Waals surface area contributed by atoms with Gasteiger partial charge in [0.1, 0.15) is 0 Å². The van der Waals surface area contributed by atoms with Gasteiger partial charge < -0.3 is 15.1 Å². The number of nitrogens with zero attached hydrogens (tertiary/aromatic N) is 2. The Kier molecular flexibility index (Phi) is 7.94. The maximum atomic E-state index is 3.70. The van der Waals surface area contributed by atoms with E-state index in [0.717, 1.165) is 26.2 Å². The van der Waals surface area contributed by atoms with Gasteiger partial charge in [0.15, 0.2) is 0 Å². The van der Waals surface area contributed by atoms with Crippen molar-refractivity contribution in [2.45, 2.75) is 33.2 Å². The van der Waals surface area contributed by atoms with Crippen LogP contribution >= 0.6 is 0 Å². The van der Waals surface area contributed by atoms with Crippen LogP contribution < -0.4 is 5.32 Å². The first kappa shape index (κ1) is 18.1. The van der Waals surface area contributed by atoms with E-state index < -0.39 is 0 Å². The zero-order valence-corrected chi connectivity index (χ0v) is 14.7. The lowest BCUT2D eigenvalue weighted by atomic mass is 10.0. The van der Waals surface area contributed by atoms with Crippen LogP contribution in [0.3, 0.4) is 0 Å². The van der Waals surface area contributed by atoms with Gasteiger partial charge >= 0.3 is 0 Å². The van der Waals surface area contributed by atoms with Gasteiger partial charge in [0.25, 0.3) is 0 Å². The summed E-state index contributed by atoms with van der Waals surface area (Å²) >= 11 is 0. The highest BCUT2D eigenvalue weighted by molar-refractivity contribution is 5.30. The van der Waals surface area contributed by atoms with Crippen molar-refractivity contribution < 1.29 is 0 Å². The minimum atomic E-state index is 0.413. The van der Waals surface area contributed by atoms with E-state index in [2.05, 4.69) is 75.2 Å². The Labute approximate surface area is 131 Å². The van der Waals surface area contributed by atoms with Gasteiger partial charge in [0, 0.05) is 25.7 Å². The third kappa shape index (κ3) is 7.07. The number of benzene rings is 1. The molecule has 1 unspecified atom stereocenters. The molecule has 0 saturated carbocycles. The van der Waals surface area contributed by atoms with Gasteiger partial charge in [0.2, 0.25) is 0 Å². The highest BCUT2D eigenvalue weighted by atomic mass is 15.2. The van der Waals surface area contributed by atoms with Gasteiger partial charge in [-0.25, -0.2) is 0 Å². The van der Waals surface area contributed by atoms with E-state index in [1.165, 1.54) is 23.1 Å². The van der Waals surface area contributed by atoms with E-state index >= 15 is 0 Å². The maximum Gasteiger partial charge on any atom is 0.0449 e. The molecular formula is C18H33N3. The van der Waals surface area contributed by atoms with Crippen molar-refractivity contribution in [3.8, 4) is 0 Å². The summed E-state index contributed by atoms with van der Waals surface area (Å²) in [6.45, 7) is 10.9. The van der Waals surface area contributed by atoms with Crippen molar-refractivity contribution in [1.82, 2.24) is 15.1 Å². The molecule has 21 heavy (non-hydrogen) atoms. The number of nitrogens with one attached hydrogen (secondary N) is 1. The first-order chi connectivity index (χ1) is 9.92. The second-order valence-electron chi connectivity index (χ2n) is 6.49. The average Bonchev–Trinajstić information content (AvgIpc) is 2.40. The first-order valence-corrected chi connectivity index (χ1v) is 8.07. The van der Waals surface area contributed by atoms with Crippen LogP contribution in [0.1, 0.15) is 36.1 Å². The molecule has 0 aliphatic heterocycles. The maximum absolute atomic E-state index is 3.70. The van der Waals surface area contributed by atoms with E-state index in [-0.39, 0.29) is 0 Å². The zero-order chi connectivity index (χ0) is 15.8. The summed E-state index contributed by atoms with van der Waals surface area (Å²) in [6.07, 6.45) is 1.17. The Morgan fingerprint density at radius 3 is 2.14 bits per heavy atom. The summed E-state index contributed by atoms with van der Waals surface area (Å²) in [4.78, 5) is 4.66. The van der Waals surface area contributed by atoms with Gasteiger partial charge in [-0.3, -0.25) is 0 Å². The van der Waals surface area contributed by atoms with Gasteiger partial charge in [-0.05, 0) is 53.5 Å². The quantitative estimate of drug-likeness (QED) is 0.755. The van der Waals surface area contributed by atoms with Gasteiger partial charge in [-0.15, -0.1) is 0 Å². The van der Waals surface area contributed by atoms with Crippen LogP contribution in [-0.2, 0) is 0 Å². The molecule has 0 radical (unpaired) electrons. The van der Waals surface area contributed by atoms with Crippen LogP contribution in [0.5, 0.6) is 0 Å². The Hall–Kier alpha value is -0.900. The van der Waals surface area contributed by atoms with Crippen LogP contribution in [0.15, 0.2) is 18.2 Å². The van der Waals surface area contributed by atoms with Crippen molar-refractivity contribution in [3.05, 3.63) is 34.9 Å². The standard InChI is InChI=1S/C18H33N3/c1-7-8-19-18(14-21(6)10-9-20(4)5)17-12-15(2)11-16(3)13-17/h11-13,18-19H,7-10,14H2,1-6H3. The first-order valence-electron chi connectivity index (χ1n) is 8.07. The number of hydrogen-bond acceptors (Lipinski definition) is 3. The Morgan fingerprint density at radius 2 is 1.62 bits per heavy atom. The van der Waals surface area contributed by atoms with Crippen molar-refractivity contribution in [2.75, 3.05) is 47.3 Å². The topological polar surface area (TPSA) is 18.5 Å². The molecule has 1 aromatic rings. The third-order valence-electron chi connectivity index (χ3n) is 3.71. The molecule has 0 heterocycles. The molecule has 0 saturated heterocycles. The lowest BCUT2D eigenvalue weighted by Gasteiger charge is -2.27. The predicted octanol–water partition coefficient (Wildman–Crippen LogP) is 2.84. The molecule has 3 heteroatoms. The van der Waals surface area contributed by atoms with Crippen LogP contribution in [0.4, 0.5) is 0 Å². The van der Waals surface area contributed by atoms with E-state index in [9.17, 15) is 0 Å². The van der Waals surface area contributed by atoms with Crippen molar-refractivity contribution in [1.29, 1.82) is 0 Å². The fourth-order valence-electron chi connectivity index (χ4n) is 2.59. The smallest absolute Gasteiger partial charge is 0.0449 e. The molecule has 3 nitrogen and oxygen atoms in total. The second kappa shape index (κ2) is 9.19. The third-order valence-corrected chi connectivity index (χ3v) is 3.71. The van der Waals surface area contributed by atoms with Gasteiger partial charge in [-0.1, -0.05) is 36.2 Å². The molecule has 1 atom stereocenters. The van der Waals surface area contributed by atoms with Crippen molar-refractivity contribution in [2.24, 2.45) is 0 Å². The fourth-order valence-corrected chi connectivity index (χ4v) is 2.59. The fraction of sp³-hybridized carbons (Fsp3) is 0.667. The number of aryl methyl sites for hydroxylation is 2. The van der Waals surface area contributed by atoms with Crippen molar-refractivity contribution in [3.63, 3.8) is 0 Å². The number of likely N-dealkylation sites (N-methyl/N-ethyl adjacent to an activating group) is 2. The van der Waals surface area contributed by atoms with E-state index in [1.54, 1.807) is 0 Å². The highest BCUT2D eigenvalue weighted by Gasteiger charge is 2.14. The summed E-state index contributed by atoms with van der Waals surface area (Å²) < 4.78 is 0. The number of rotatable bonds is 9. The molecule has 0 aliphatic carbocycles. The molecule has 0 aromatic heterocycles. The Bertz CT molecular complexity index is 395. The summed E-state index contributed by atoms with van der Waals surface area (Å²) in [5, 5.41) is 3.70. The minimum Gasteiger partial charge on any atom is -0.309 e. The molecule has 0 spiro atoms. The predicted molar refractivity (Wildman–Crippen MR) is 93.0 cm³/mol. The molecule has 1 N–H and O–H groups in total. The highest BCUT2D eigenvalue weighted by Crippen LogP contribution is 2.18. The lowest BCUT2D eigenvalue weighted by molar-refractivity contribution is 0.256. The van der Waals surface area contributed by atoms with Gasteiger partial charge in [-0.2, -0.15) is 0 Å². The average molecular weight is 291 g/mol. The van der Waals surface area contributed by atoms with Crippen LogP contribution in [0, 0.1) is 13.8 Å². The molecular weight excluding hydrogens is 258 g/mol. The molecule has 0 amide bonds. The SMILES string of the molecule is CCCNC(CN(C)CCN(C)C)c1cc(C)cc(C)c1. The van der Waals surface area contributed by atoms with E-state index in [0.29, 0.717) is 6.04 Å². The molecule has 0 aliphatic rings. The normalized spacial score (nSPS) is 13.1. The summed E-state index contributed by atoms with van der Waals surface area (Å²) in [5.74, 6) is 0. The Morgan fingerprint density at radius 1 is 1.00 bits per heavy atom. The van der Waals surface area contributed by atoms with E-state index in [4.69, 9.17) is 0 Å². The van der Waals surface area contributed by atoms with Crippen molar-refractivity contribution >= 4 is 0 Å². The summed E-state index contributed by atoms with van der Waals surface area (Å²) in [6, 6.07) is 7.30. The molecule has 1 aromatic carbocycles. The van der Waals surface area contributed by atoms with Crippen LogP contribution in [0.25, 0.3) is 0 Å². The van der Waals surface area contributed by atoms with Crippen LogP contribution in [0.2, 0.25) is 0 Å². The Balaban J connectivity index is 2.74. The second-order valence-corrected chi connectivity index (χ2v) is 6.49. The van der Waals surface area contributed by atoms with E-state index in [1.807, 2.05) is 0 Å². The van der Waals surface area contributed by atoms with Gasteiger partial charge in [0.05, 0.1) is 0 Å².